The molecule has 0 atom stereocenters. The van der Waals surface area contributed by atoms with Crippen molar-refractivity contribution in [2.24, 2.45) is 0 Å². The van der Waals surface area contributed by atoms with Crippen LogP contribution in [0.2, 0.25) is 0 Å². The molecule has 0 radical (unpaired) electrons. The van der Waals surface area contributed by atoms with Gasteiger partial charge >= 0.3 is 0 Å². The zero-order valence-electron chi connectivity index (χ0n) is 14.2. The zero-order valence-corrected chi connectivity index (χ0v) is 15.0. The lowest BCUT2D eigenvalue weighted by Gasteiger charge is -2.13. The molecule has 138 valence electrons. The molecule has 27 heavy (non-hydrogen) atoms. The Morgan fingerprint density at radius 2 is 2.11 bits per heavy atom. The highest BCUT2D eigenvalue weighted by atomic mass is 32.2. The molecular formula is C19H16FN3O3S. The lowest BCUT2D eigenvalue weighted by atomic mass is 10.1. The predicted octanol–water partition coefficient (Wildman–Crippen LogP) is 2.62. The summed E-state index contributed by atoms with van der Waals surface area (Å²) in [5, 5.41) is 2.26. The van der Waals surface area contributed by atoms with E-state index in [1.54, 1.807) is 36.7 Å². The van der Waals surface area contributed by atoms with E-state index in [0.717, 1.165) is 22.2 Å². The maximum Gasteiger partial charge on any atom is 0.293 e. The average Bonchev–Trinajstić information content (AvgIpc) is 2.90. The first-order chi connectivity index (χ1) is 13.0. The number of aromatic nitrogens is 1. The fourth-order valence-electron chi connectivity index (χ4n) is 2.51. The fraction of sp³-hybridized carbons (Fsp3) is 0.158. The molecule has 0 unspecified atom stereocenters. The number of hydrogen-bond donors (Lipinski definition) is 1. The average molecular weight is 385 g/mol. The number of rotatable bonds is 6. The zero-order chi connectivity index (χ0) is 19.2. The van der Waals surface area contributed by atoms with Crippen molar-refractivity contribution in [3.05, 3.63) is 70.6 Å². The summed E-state index contributed by atoms with van der Waals surface area (Å²) in [6, 6.07) is 9.31. The molecule has 0 saturated carbocycles. The Labute approximate surface area is 159 Å². The van der Waals surface area contributed by atoms with Crippen molar-refractivity contribution in [3.63, 3.8) is 0 Å². The Kier molecular flexibility index (Phi) is 5.97. The monoisotopic (exact) mass is 385 g/mol. The van der Waals surface area contributed by atoms with Crippen LogP contribution in [0.15, 0.2) is 53.7 Å². The Morgan fingerprint density at radius 1 is 1.26 bits per heavy atom. The van der Waals surface area contributed by atoms with Gasteiger partial charge in [0.2, 0.25) is 5.91 Å². The van der Waals surface area contributed by atoms with Gasteiger partial charge in [-0.2, -0.15) is 0 Å². The molecule has 1 saturated heterocycles. The maximum absolute atomic E-state index is 13.1. The van der Waals surface area contributed by atoms with Gasteiger partial charge in [-0.3, -0.25) is 24.3 Å². The standard InChI is InChI=1S/C19H16FN3O3S/c20-15-5-1-3-13(9-15)11-17(24)22-7-8-23-18(25)16(27-19(23)26)10-14-4-2-6-21-12-14/h1-6,9-10,12H,7-8,11H2,(H,22,24)/b16-10-. The van der Waals surface area contributed by atoms with Gasteiger partial charge in [-0.05, 0) is 47.2 Å². The molecule has 1 aromatic heterocycles. The maximum atomic E-state index is 13.1. The van der Waals surface area contributed by atoms with E-state index in [1.165, 1.54) is 18.2 Å². The van der Waals surface area contributed by atoms with Crippen LogP contribution in [0.5, 0.6) is 0 Å². The topological polar surface area (TPSA) is 79.4 Å². The van der Waals surface area contributed by atoms with E-state index in [-0.39, 0.29) is 30.7 Å². The van der Waals surface area contributed by atoms with Gasteiger partial charge in [-0.25, -0.2) is 4.39 Å². The van der Waals surface area contributed by atoms with Crippen LogP contribution in [0, 0.1) is 5.82 Å². The van der Waals surface area contributed by atoms with Gasteiger partial charge in [0.15, 0.2) is 0 Å². The quantitative estimate of drug-likeness (QED) is 0.774. The minimum atomic E-state index is -0.404. The molecule has 1 aliphatic rings. The molecule has 6 nitrogen and oxygen atoms in total. The van der Waals surface area contributed by atoms with Crippen LogP contribution in [-0.2, 0) is 16.0 Å². The van der Waals surface area contributed by atoms with E-state index in [9.17, 15) is 18.8 Å². The number of halogens is 1. The minimum Gasteiger partial charge on any atom is -0.354 e. The third-order valence-electron chi connectivity index (χ3n) is 3.77. The second kappa shape index (κ2) is 8.59. The van der Waals surface area contributed by atoms with Crippen molar-refractivity contribution in [2.75, 3.05) is 13.1 Å². The van der Waals surface area contributed by atoms with Crippen LogP contribution in [0.3, 0.4) is 0 Å². The number of carbonyl (C=O) groups excluding carboxylic acids is 3. The molecule has 0 bridgehead atoms. The van der Waals surface area contributed by atoms with Gasteiger partial charge < -0.3 is 5.32 Å². The molecule has 2 aromatic rings. The lowest BCUT2D eigenvalue weighted by molar-refractivity contribution is -0.124. The molecule has 1 fully saturated rings. The summed E-state index contributed by atoms with van der Waals surface area (Å²) in [5.74, 6) is -1.11. The second-order valence-corrected chi connectivity index (χ2v) is 6.77. The largest absolute Gasteiger partial charge is 0.354 e. The van der Waals surface area contributed by atoms with Crippen molar-refractivity contribution >= 4 is 34.9 Å². The Hall–Kier alpha value is -3.00. The minimum absolute atomic E-state index is 0.0283. The Morgan fingerprint density at radius 3 is 2.85 bits per heavy atom. The molecule has 3 rings (SSSR count). The first kappa shape index (κ1) is 18.8. The Bertz CT molecular complexity index is 902. The molecule has 1 aromatic carbocycles. The number of benzene rings is 1. The summed E-state index contributed by atoms with van der Waals surface area (Å²) in [6.45, 7) is 0.205. The first-order valence-electron chi connectivity index (χ1n) is 8.19. The summed E-state index contributed by atoms with van der Waals surface area (Å²) in [5.41, 5.74) is 1.28. The van der Waals surface area contributed by atoms with Gasteiger partial charge in [-0.1, -0.05) is 18.2 Å². The third-order valence-corrected chi connectivity index (χ3v) is 4.67. The van der Waals surface area contributed by atoms with Crippen molar-refractivity contribution in [1.82, 2.24) is 15.2 Å². The van der Waals surface area contributed by atoms with Crippen LogP contribution < -0.4 is 5.32 Å². The van der Waals surface area contributed by atoms with E-state index in [4.69, 9.17) is 0 Å². The van der Waals surface area contributed by atoms with Gasteiger partial charge in [0.1, 0.15) is 5.82 Å². The Balaban J connectivity index is 1.52. The molecule has 2 heterocycles. The lowest BCUT2D eigenvalue weighted by Crippen LogP contribution is -2.37. The van der Waals surface area contributed by atoms with E-state index in [1.807, 2.05) is 0 Å². The summed E-state index contributed by atoms with van der Waals surface area (Å²) in [4.78, 5) is 41.7. The molecular weight excluding hydrogens is 369 g/mol. The van der Waals surface area contributed by atoms with Crippen molar-refractivity contribution < 1.29 is 18.8 Å². The molecule has 1 aliphatic heterocycles. The van der Waals surface area contributed by atoms with Crippen molar-refractivity contribution in [3.8, 4) is 0 Å². The predicted molar refractivity (Wildman–Crippen MR) is 100 cm³/mol. The highest BCUT2D eigenvalue weighted by molar-refractivity contribution is 8.18. The van der Waals surface area contributed by atoms with Gasteiger partial charge in [-0.15, -0.1) is 0 Å². The van der Waals surface area contributed by atoms with Crippen molar-refractivity contribution in [1.29, 1.82) is 0 Å². The van der Waals surface area contributed by atoms with E-state index < -0.39 is 11.7 Å². The van der Waals surface area contributed by atoms with Gasteiger partial charge in [0, 0.05) is 25.5 Å². The number of thioether (sulfide) groups is 1. The molecule has 0 spiro atoms. The van der Waals surface area contributed by atoms with E-state index in [2.05, 4.69) is 10.3 Å². The number of nitrogens with zero attached hydrogens (tertiary/aromatic N) is 2. The molecule has 8 heteroatoms. The second-order valence-electron chi connectivity index (χ2n) is 5.78. The summed E-state index contributed by atoms with van der Waals surface area (Å²) in [7, 11) is 0. The first-order valence-corrected chi connectivity index (χ1v) is 9.01. The van der Waals surface area contributed by atoms with Crippen molar-refractivity contribution in [2.45, 2.75) is 6.42 Å². The van der Waals surface area contributed by atoms with Crippen LogP contribution in [0.25, 0.3) is 6.08 Å². The van der Waals surface area contributed by atoms with E-state index in [0.29, 0.717) is 10.5 Å². The normalized spacial score (nSPS) is 15.4. The van der Waals surface area contributed by atoms with Gasteiger partial charge in [0.05, 0.1) is 11.3 Å². The number of hydrogen-bond acceptors (Lipinski definition) is 5. The fourth-order valence-corrected chi connectivity index (χ4v) is 3.37. The van der Waals surface area contributed by atoms with Crippen LogP contribution in [0.1, 0.15) is 11.1 Å². The highest BCUT2D eigenvalue weighted by Crippen LogP contribution is 2.31. The van der Waals surface area contributed by atoms with Crippen LogP contribution in [0.4, 0.5) is 9.18 Å². The van der Waals surface area contributed by atoms with Gasteiger partial charge in [0.25, 0.3) is 11.1 Å². The third kappa shape index (κ3) is 5.01. The summed E-state index contributed by atoms with van der Waals surface area (Å²) >= 11 is 0.856. The molecule has 3 amide bonds. The molecule has 1 N–H and O–H groups in total. The SMILES string of the molecule is O=C(Cc1cccc(F)c1)NCCN1C(=O)S/C(=C\c2cccnc2)C1=O. The summed E-state index contributed by atoms with van der Waals surface area (Å²) < 4.78 is 13.1. The molecule has 0 aliphatic carbocycles. The van der Waals surface area contributed by atoms with E-state index >= 15 is 0 Å². The number of nitrogens with one attached hydrogen (secondary N) is 1. The number of imide groups is 1. The number of pyridine rings is 1. The smallest absolute Gasteiger partial charge is 0.293 e. The number of amides is 3. The van der Waals surface area contributed by atoms with Crippen LogP contribution in [-0.4, -0.2) is 40.0 Å². The summed E-state index contributed by atoms with van der Waals surface area (Å²) in [6.07, 6.45) is 4.86. The highest BCUT2D eigenvalue weighted by Gasteiger charge is 2.34. The van der Waals surface area contributed by atoms with Crippen LogP contribution >= 0.6 is 11.8 Å². The number of carbonyl (C=O) groups is 3.